The lowest BCUT2D eigenvalue weighted by atomic mass is 10.1. The molecule has 1 atom stereocenters. The van der Waals surface area contributed by atoms with Gasteiger partial charge in [0.1, 0.15) is 6.61 Å². The van der Waals surface area contributed by atoms with Gasteiger partial charge in [-0.05, 0) is 70.6 Å². The molecule has 0 aliphatic rings. The molecule has 0 amide bonds. The van der Waals surface area contributed by atoms with Crippen molar-refractivity contribution in [3.8, 4) is 0 Å². The number of phosphoric acid groups is 1. The highest BCUT2D eigenvalue weighted by Crippen LogP contribution is 2.36. The van der Waals surface area contributed by atoms with Gasteiger partial charge < -0.3 is 19.3 Å². The number of carbonyl (C=O) groups is 2. The number of rotatable bonds is 45. The maximum atomic E-state index is 12.5. The number of carbonyl (C=O) groups excluding carboxylic acids is 2. The molecule has 0 spiro atoms. The molecule has 0 bridgehead atoms. The Labute approximate surface area is 357 Å². The van der Waals surface area contributed by atoms with Gasteiger partial charge in [-0.3, -0.25) is 14.1 Å². The van der Waals surface area contributed by atoms with Crippen LogP contribution in [0.4, 0.5) is 0 Å². The summed E-state index contributed by atoms with van der Waals surface area (Å²) in [4.78, 5) is 43.0. The lowest BCUT2D eigenvalue weighted by Crippen LogP contribution is -2.29. The van der Waals surface area contributed by atoms with Gasteiger partial charge in [-0.2, -0.15) is 0 Å². The SMILES string of the molecule is CCCCCCC/C=C\C/C=C\CCCCCCCCCCCC(=O)OC(COC(=O)CCCCCCCCCCC/C=C\CCCCCCCC)COP(=O)(O)O. The predicted molar refractivity (Wildman–Crippen MR) is 244 cm³/mol. The highest BCUT2D eigenvalue weighted by molar-refractivity contribution is 7.46. The van der Waals surface area contributed by atoms with Crippen molar-refractivity contribution >= 4 is 19.8 Å². The van der Waals surface area contributed by atoms with Crippen molar-refractivity contribution in [2.75, 3.05) is 13.2 Å². The van der Waals surface area contributed by atoms with Crippen LogP contribution >= 0.6 is 7.82 Å². The summed E-state index contributed by atoms with van der Waals surface area (Å²) in [6.07, 6.45) is 54.4. The van der Waals surface area contributed by atoms with Crippen LogP contribution in [0.3, 0.4) is 0 Å². The van der Waals surface area contributed by atoms with Gasteiger partial charge in [0.05, 0.1) is 6.61 Å². The van der Waals surface area contributed by atoms with Crippen LogP contribution in [-0.2, 0) is 28.2 Å². The molecule has 1 unspecified atom stereocenters. The monoisotopic (exact) mass is 839 g/mol. The van der Waals surface area contributed by atoms with E-state index in [1.54, 1.807) is 0 Å². The standard InChI is InChI=1S/C49H91O8P/c1-3-5-7-9-11-13-15-17-19-21-23-24-26-28-30-32-34-36-38-40-42-44-49(51)57-47(46-56-58(52,53)54)45-55-48(50)43-41-39-37-35-33-31-29-27-25-22-20-18-16-14-12-10-8-6-4-2/h15,17-18,20-21,23,47H,3-14,16,19,22,24-46H2,1-2H3,(H2,52,53,54)/b17-15-,20-18-,23-21-. The highest BCUT2D eigenvalue weighted by Gasteiger charge is 2.23. The fourth-order valence-corrected chi connectivity index (χ4v) is 7.35. The van der Waals surface area contributed by atoms with Crippen molar-refractivity contribution in [1.82, 2.24) is 0 Å². The van der Waals surface area contributed by atoms with Crippen LogP contribution in [0, 0.1) is 0 Å². The fourth-order valence-electron chi connectivity index (χ4n) is 6.99. The number of hydrogen-bond acceptors (Lipinski definition) is 6. The zero-order valence-electron chi connectivity index (χ0n) is 37.7. The van der Waals surface area contributed by atoms with Crippen molar-refractivity contribution in [3.05, 3.63) is 36.5 Å². The van der Waals surface area contributed by atoms with E-state index >= 15 is 0 Å². The summed E-state index contributed by atoms with van der Waals surface area (Å²) in [6, 6.07) is 0. The Balaban J connectivity index is 3.85. The van der Waals surface area contributed by atoms with Crippen LogP contribution in [0.15, 0.2) is 36.5 Å². The maximum absolute atomic E-state index is 12.5. The molecular weight excluding hydrogens is 748 g/mol. The molecule has 0 aromatic rings. The van der Waals surface area contributed by atoms with E-state index in [1.165, 1.54) is 161 Å². The van der Waals surface area contributed by atoms with Crippen molar-refractivity contribution < 1.29 is 37.9 Å². The largest absolute Gasteiger partial charge is 0.469 e. The molecule has 8 nitrogen and oxygen atoms in total. The van der Waals surface area contributed by atoms with Gasteiger partial charge in [-0.15, -0.1) is 0 Å². The average Bonchev–Trinajstić information content (AvgIpc) is 3.20. The Hall–Kier alpha value is -1.73. The number of ether oxygens (including phenoxy) is 2. The van der Waals surface area contributed by atoms with Crippen LogP contribution in [0.25, 0.3) is 0 Å². The number of unbranched alkanes of at least 4 members (excludes halogenated alkanes) is 29. The molecule has 340 valence electrons. The predicted octanol–water partition coefficient (Wildman–Crippen LogP) is 15.3. The quantitative estimate of drug-likeness (QED) is 0.0269. The van der Waals surface area contributed by atoms with Crippen molar-refractivity contribution in [2.24, 2.45) is 0 Å². The first kappa shape index (κ1) is 56.3. The first-order valence-corrected chi connectivity index (χ1v) is 25.8. The van der Waals surface area contributed by atoms with Crippen LogP contribution < -0.4 is 0 Å². The number of hydrogen-bond donors (Lipinski definition) is 2. The van der Waals surface area contributed by atoms with E-state index in [2.05, 4.69) is 54.8 Å². The maximum Gasteiger partial charge on any atom is 0.469 e. The molecule has 0 saturated carbocycles. The summed E-state index contributed by atoms with van der Waals surface area (Å²) >= 11 is 0. The lowest BCUT2D eigenvalue weighted by molar-refractivity contribution is -0.161. The second kappa shape index (κ2) is 44.8. The van der Waals surface area contributed by atoms with Gasteiger partial charge in [-0.25, -0.2) is 4.57 Å². The van der Waals surface area contributed by atoms with Gasteiger partial charge in [0, 0.05) is 12.8 Å². The zero-order valence-corrected chi connectivity index (χ0v) is 38.6. The van der Waals surface area contributed by atoms with Crippen LogP contribution in [0.1, 0.15) is 245 Å². The third-order valence-electron chi connectivity index (χ3n) is 10.6. The topological polar surface area (TPSA) is 119 Å². The zero-order chi connectivity index (χ0) is 42.5. The molecule has 0 aromatic carbocycles. The summed E-state index contributed by atoms with van der Waals surface area (Å²) in [5.41, 5.74) is 0. The molecule has 9 heteroatoms. The Kier molecular flexibility index (Phi) is 43.5. The van der Waals surface area contributed by atoms with Crippen LogP contribution in [0.5, 0.6) is 0 Å². The smallest absolute Gasteiger partial charge is 0.462 e. The molecule has 0 saturated heterocycles. The lowest BCUT2D eigenvalue weighted by Gasteiger charge is -2.18. The summed E-state index contributed by atoms with van der Waals surface area (Å²) in [7, 11) is -4.76. The minimum absolute atomic E-state index is 0.208. The molecule has 0 aliphatic heterocycles. The molecular formula is C49H91O8P. The van der Waals surface area contributed by atoms with Crippen LogP contribution in [-0.4, -0.2) is 41.0 Å². The third-order valence-corrected chi connectivity index (χ3v) is 11.1. The molecule has 0 heterocycles. The van der Waals surface area contributed by atoms with E-state index in [4.69, 9.17) is 19.3 Å². The molecule has 0 rings (SSSR count). The van der Waals surface area contributed by atoms with Gasteiger partial charge in [0.2, 0.25) is 0 Å². The minimum Gasteiger partial charge on any atom is -0.462 e. The van der Waals surface area contributed by atoms with Gasteiger partial charge >= 0.3 is 19.8 Å². The van der Waals surface area contributed by atoms with Gasteiger partial charge in [-0.1, -0.05) is 198 Å². The average molecular weight is 839 g/mol. The molecule has 58 heavy (non-hydrogen) atoms. The summed E-state index contributed by atoms with van der Waals surface area (Å²) in [5, 5.41) is 0. The Bertz CT molecular complexity index is 1040. The van der Waals surface area contributed by atoms with Gasteiger partial charge in [0.25, 0.3) is 0 Å². The van der Waals surface area contributed by atoms with E-state index in [0.29, 0.717) is 6.42 Å². The number of phosphoric ester groups is 1. The number of esters is 2. The molecule has 0 aliphatic carbocycles. The molecule has 0 fully saturated rings. The minimum atomic E-state index is -4.76. The first-order valence-electron chi connectivity index (χ1n) is 24.3. The van der Waals surface area contributed by atoms with Crippen molar-refractivity contribution in [3.63, 3.8) is 0 Å². The van der Waals surface area contributed by atoms with Crippen LogP contribution in [0.2, 0.25) is 0 Å². The summed E-state index contributed by atoms with van der Waals surface area (Å²) < 4.78 is 26.5. The van der Waals surface area contributed by atoms with E-state index < -0.39 is 32.5 Å². The Morgan fingerprint density at radius 1 is 0.448 bits per heavy atom. The van der Waals surface area contributed by atoms with E-state index in [0.717, 1.165) is 51.4 Å². The third kappa shape index (κ3) is 47.0. The second-order valence-corrected chi connectivity index (χ2v) is 17.7. The highest BCUT2D eigenvalue weighted by atomic mass is 31.2. The normalized spacial score (nSPS) is 12.7. The Morgan fingerprint density at radius 3 is 1.16 bits per heavy atom. The summed E-state index contributed by atoms with van der Waals surface area (Å²) in [5.74, 6) is -0.883. The molecule has 2 N–H and O–H groups in total. The molecule has 0 aromatic heterocycles. The first-order chi connectivity index (χ1) is 28.3. The second-order valence-electron chi connectivity index (χ2n) is 16.4. The molecule has 0 radical (unpaired) electrons. The fraction of sp³-hybridized carbons (Fsp3) is 0.837. The Morgan fingerprint density at radius 2 is 0.776 bits per heavy atom. The number of allylic oxidation sites excluding steroid dienone is 6. The van der Waals surface area contributed by atoms with Crippen molar-refractivity contribution in [2.45, 2.75) is 251 Å². The van der Waals surface area contributed by atoms with Gasteiger partial charge in [0.15, 0.2) is 6.10 Å². The van der Waals surface area contributed by atoms with E-state index in [1.807, 2.05) is 0 Å². The van der Waals surface area contributed by atoms with E-state index in [9.17, 15) is 14.2 Å². The van der Waals surface area contributed by atoms with Crippen molar-refractivity contribution in [1.29, 1.82) is 0 Å². The van der Waals surface area contributed by atoms with E-state index in [-0.39, 0.29) is 19.4 Å². The summed E-state index contributed by atoms with van der Waals surface area (Å²) in [6.45, 7) is 3.70.